The number of aryl methyl sites for hydroxylation is 1. The number of anilines is 2. The molecule has 0 aliphatic carbocycles. The van der Waals surface area contributed by atoms with Crippen LogP contribution in [0.4, 0.5) is 11.4 Å². The van der Waals surface area contributed by atoms with Gasteiger partial charge in [0.1, 0.15) is 17.2 Å². The van der Waals surface area contributed by atoms with Crippen LogP contribution >= 0.6 is 11.3 Å². The Labute approximate surface area is 290 Å². The van der Waals surface area contributed by atoms with Crippen molar-refractivity contribution in [1.82, 2.24) is 4.57 Å². The summed E-state index contributed by atoms with van der Waals surface area (Å²) in [7, 11) is 3.89. The van der Waals surface area contributed by atoms with Gasteiger partial charge in [0.2, 0.25) is 5.91 Å². The van der Waals surface area contributed by atoms with Crippen LogP contribution in [-0.2, 0) is 27.9 Å². The molecule has 1 saturated heterocycles. The van der Waals surface area contributed by atoms with Gasteiger partial charge < -0.3 is 28.6 Å². The first-order valence-corrected chi connectivity index (χ1v) is 18.3. The molecule has 2 aromatic carbocycles. The van der Waals surface area contributed by atoms with Crippen LogP contribution in [0.5, 0.6) is 5.75 Å². The van der Waals surface area contributed by atoms with Crippen LogP contribution in [-0.4, -0.2) is 56.4 Å². The smallest absolute Gasteiger partial charge is 0.348 e. The van der Waals surface area contributed by atoms with E-state index in [-0.39, 0.29) is 11.9 Å². The van der Waals surface area contributed by atoms with Gasteiger partial charge in [-0.2, -0.15) is 0 Å². The predicted molar refractivity (Wildman–Crippen MR) is 199 cm³/mol. The minimum atomic E-state index is -0.254. The van der Waals surface area contributed by atoms with Crippen LogP contribution in [0.1, 0.15) is 93.9 Å². The van der Waals surface area contributed by atoms with E-state index in [1.165, 1.54) is 16.0 Å². The summed E-state index contributed by atoms with van der Waals surface area (Å²) in [6.45, 7) is 15.7. The first kappa shape index (κ1) is 37.0. The lowest BCUT2D eigenvalue weighted by Crippen LogP contribution is -2.37. The summed E-state index contributed by atoms with van der Waals surface area (Å²) >= 11 is 1.55. The van der Waals surface area contributed by atoms with Crippen LogP contribution in [0.3, 0.4) is 0 Å². The summed E-state index contributed by atoms with van der Waals surface area (Å²) in [5.74, 6) is 0.911. The van der Waals surface area contributed by atoms with Crippen molar-refractivity contribution >= 4 is 44.8 Å². The molecule has 0 atom stereocenters. The Hall–Kier alpha value is -3.82. The average molecular weight is 676 g/mol. The van der Waals surface area contributed by atoms with Gasteiger partial charge in [-0.1, -0.05) is 40.5 Å². The highest BCUT2D eigenvalue weighted by Gasteiger charge is 2.27. The Morgan fingerprint density at radius 2 is 1.65 bits per heavy atom. The number of aromatic nitrogens is 1. The number of thiophene rings is 1. The zero-order valence-electron chi connectivity index (χ0n) is 30.1. The molecular weight excluding hydrogens is 623 g/mol. The van der Waals surface area contributed by atoms with Crippen molar-refractivity contribution in [2.75, 3.05) is 49.8 Å². The third kappa shape index (κ3) is 8.24. The summed E-state index contributed by atoms with van der Waals surface area (Å²) in [6, 6.07) is 16.5. The molecule has 0 N–H and O–H groups in total. The normalized spacial score (nSPS) is 13.0. The van der Waals surface area contributed by atoms with E-state index in [1.54, 1.807) is 30.2 Å². The highest BCUT2D eigenvalue weighted by Crippen LogP contribution is 2.45. The molecule has 260 valence electrons. The number of nitrogens with zero attached hydrogens (tertiary/aromatic N) is 3. The zero-order chi connectivity index (χ0) is 34.8. The van der Waals surface area contributed by atoms with E-state index in [4.69, 9.17) is 14.2 Å². The van der Waals surface area contributed by atoms with Crippen molar-refractivity contribution in [3.05, 3.63) is 64.5 Å². The maximum absolute atomic E-state index is 12.6. The van der Waals surface area contributed by atoms with Gasteiger partial charge >= 0.3 is 5.97 Å². The molecule has 0 radical (unpaired) electrons. The Morgan fingerprint density at radius 1 is 0.979 bits per heavy atom. The number of carbonyl (C=O) groups excluding carboxylic acids is 2. The maximum Gasteiger partial charge on any atom is 0.348 e. The summed E-state index contributed by atoms with van der Waals surface area (Å²) in [5, 5.41) is 0. The van der Waals surface area contributed by atoms with Gasteiger partial charge in [0.15, 0.2) is 0 Å². The third-order valence-corrected chi connectivity index (χ3v) is 10.0. The number of rotatable bonds is 13. The van der Waals surface area contributed by atoms with Gasteiger partial charge in [-0.15, -0.1) is 11.3 Å². The second-order valence-electron chi connectivity index (χ2n) is 11.9. The number of benzene rings is 2. The molecule has 5 rings (SSSR count). The fourth-order valence-corrected chi connectivity index (χ4v) is 7.66. The lowest BCUT2D eigenvalue weighted by Gasteiger charge is -2.31. The SMILES string of the molecule is CC.CCCC(CCC)c1c(-c2ccc(OCc3cc(N(C)C(C)=O)ccc3N3CCOCC3)cc2)n(C)c2cc(C(=O)OCC)sc12. The summed E-state index contributed by atoms with van der Waals surface area (Å²) < 4.78 is 20.7. The lowest BCUT2D eigenvalue weighted by molar-refractivity contribution is -0.116. The number of hydrogen-bond donors (Lipinski definition) is 0. The van der Waals surface area contributed by atoms with Gasteiger partial charge in [0.05, 0.1) is 35.7 Å². The van der Waals surface area contributed by atoms with E-state index in [0.29, 0.717) is 37.2 Å². The van der Waals surface area contributed by atoms with E-state index in [1.807, 2.05) is 45.0 Å². The topological polar surface area (TPSA) is 73.2 Å². The van der Waals surface area contributed by atoms with Crippen molar-refractivity contribution in [3.63, 3.8) is 0 Å². The molecule has 1 aliphatic heterocycles. The van der Waals surface area contributed by atoms with Crippen LogP contribution in [0, 0.1) is 0 Å². The first-order chi connectivity index (χ1) is 23.3. The predicted octanol–water partition coefficient (Wildman–Crippen LogP) is 9.19. The molecule has 0 saturated carbocycles. The van der Waals surface area contributed by atoms with E-state index in [0.717, 1.165) is 72.5 Å². The number of hydrogen-bond acceptors (Lipinski definition) is 7. The van der Waals surface area contributed by atoms with Gasteiger partial charge in [0.25, 0.3) is 0 Å². The minimum Gasteiger partial charge on any atom is -0.489 e. The molecule has 1 aliphatic rings. The van der Waals surface area contributed by atoms with Crippen LogP contribution in [0.15, 0.2) is 48.5 Å². The molecule has 8 nitrogen and oxygen atoms in total. The number of fused-ring (bicyclic) bond motifs is 1. The standard InChI is InChI=1S/C37H47N3O5S.C2H6/c1-7-10-26(11-8-2)34-35(39(6)32-23-33(46-36(32)34)37(42)44-9-3)27-12-15-30(16-13-27)45-24-28-22-29(38(5)25(4)41)14-17-31(28)40-18-20-43-21-19-40;1-2/h12-17,22-23,26H,7-11,18-21,24H2,1-6H3;1-2H3. The monoisotopic (exact) mass is 675 g/mol. The van der Waals surface area contributed by atoms with Crippen LogP contribution < -0.4 is 14.5 Å². The highest BCUT2D eigenvalue weighted by molar-refractivity contribution is 7.21. The molecule has 2 aromatic heterocycles. The Kier molecular flexibility index (Phi) is 13.5. The van der Waals surface area contributed by atoms with Crippen molar-refractivity contribution in [2.45, 2.75) is 79.8 Å². The fourth-order valence-electron chi connectivity index (χ4n) is 6.45. The highest BCUT2D eigenvalue weighted by atomic mass is 32.1. The Bertz CT molecular complexity index is 1650. The molecule has 0 unspecified atom stereocenters. The number of morpholine rings is 1. The first-order valence-electron chi connectivity index (χ1n) is 17.5. The molecule has 0 bridgehead atoms. The summed E-state index contributed by atoms with van der Waals surface area (Å²) in [6.07, 6.45) is 4.38. The number of esters is 1. The average Bonchev–Trinajstić information content (AvgIpc) is 3.66. The number of amides is 1. The number of carbonyl (C=O) groups is 2. The van der Waals surface area contributed by atoms with E-state index >= 15 is 0 Å². The van der Waals surface area contributed by atoms with Gasteiger partial charge in [-0.25, -0.2) is 4.79 Å². The molecule has 1 fully saturated rings. The molecule has 3 heterocycles. The van der Waals surface area contributed by atoms with Crippen molar-refractivity contribution < 1.29 is 23.8 Å². The minimum absolute atomic E-state index is 0.0151. The molecule has 0 spiro atoms. The Balaban J connectivity index is 0.00000255. The van der Waals surface area contributed by atoms with E-state index in [9.17, 15) is 9.59 Å². The van der Waals surface area contributed by atoms with Crippen LogP contribution in [0.2, 0.25) is 0 Å². The van der Waals surface area contributed by atoms with Crippen molar-refractivity contribution in [2.24, 2.45) is 7.05 Å². The second-order valence-corrected chi connectivity index (χ2v) is 13.0. The molecule has 9 heteroatoms. The zero-order valence-corrected chi connectivity index (χ0v) is 30.9. The van der Waals surface area contributed by atoms with Gasteiger partial charge in [-0.3, -0.25) is 4.79 Å². The fraction of sp³-hybridized carbons (Fsp3) is 0.487. The summed E-state index contributed by atoms with van der Waals surface area (Å²) in [5.41, 5.74) is 7.70. The second kappa shape index (κ2) is 17.5. The van der Waals surface area contributed by atoms with Gasteiger partial charge in [-0.05, 0) is 85.3 Å². The lowest BCUT2D eigenvalue weighted by atomic mass is 9.88. The Morgan fingerprint density at radius 3 is 2.25 bits per heavy atom. The molecular formula is C39H53N3O5S. The molecule has 1 amide bonds. The third-order valence-electron chi connectivity index (χ3n) is 8.86. The van der Waals surface area contributed by atoms with Gasteiger partial charge in [0, 0.05) is 51.0 Å². The molecule has 48 heavy (non-hydrogen) atoms. The van der Waals surface area contributed by atoms with E-state index in [2.05, 4.69) is 54.6 Å². The molecule has 4 aromatic rings. The van der Waals surface area contributed by atoms with Crippen molar-refractivity contribution in [3.8, 4) is 17.0 Å². The largest absolute Gasteiger partial charge is 0.489 e. The number of ether oxygens (including phenoxy) is 3. The maximum atomic E-state index is 12.6. The van der Waals surface area contributed by atoms with Crippen LogP contribution in [0.25, 0.3) is 21.5 Å². The summed E-state index contributed by atoms with van der Waals surface area (Å²) in [4.78, 5) is 29.4. The van der Waals surface area contributed by atoms with Crippen molar-refractivity contribution in [1.29, 1.82) is 0 Å². The van der Waals surface area contributed by atoms with E-state index < -0.39 is 0 Å². The quantitative estimate of drug-likeness (QED) is 0.132.